The summed E-state index contributed by atoms with van der Waals surface area (Å²) in [5, 5.41) is 0. The second-order valence-corrected chi connectivity index (χ2v) is 3.24. The van der Waals surface area contributed by atoms with E-state index < -0.39 is 12.3 Å². The summed E-state index contributed by atoms with van der Waals surface area (Å²) in [5.74, 6) is 0.426. The molecule has 1 aromatic carbocycles. The Morgan fingerprint density at radius 2 is 2.31 bits per heavy atom. The Hall–Kier alpha value is -2.04. The summed E-state index contributed by atoms with van der Waals surface area (Å²) in [6, 6.07) is 4.99. The van der Waals surface area contributed by atoms with Crippen LogP contribution >= 0.6 is 0 Å². The standard InChI is InChI=1S/C11H10O5/c1-14-9(13)5-10-15-8-4-2-3-7(6-12)11(8)16-10/h2-4,6,10H,5H2,1H3. The van der Waals surface area contributed by atoms with Crippen LogP contribution in [0.5, 0.6) is 11.5 Å². The van der Waals surface area contributed by atoms with E-state index in [0.717, 1.165) is 0 Å². The summed E-state index contributed by atoms with van der Waals surface area (Å²) >= 11 is 0. The Morgan fingerprint density at radius 1 is 1.50 bits per heavy atom. The predicted molar refractivity (Wildman–Crippen MR) is 53.5 cm³/mol. The lowest BCUT2D eigenvalue weighted by Crippen LogP contribution is -2.22. The van der Waals surface area contributed by atoms with Gasteiger partial charge in [-0.2, -0.15) is 0 Å². The van der Waals surface area contributed by atoms with Crippen LogP contribution in [0.15, 0.2) is 18.2 Å². The molecule has 0 amide bonds. The smallest absolute Gasteiger partial charge is 0.313 e. The third kappa shape index (κ3) is 1.84. The first-order valence-corrected chi connectivity index (χ1v) is 4.73. The molecular formula is C11H10O5. The summed E-state index contributed by atoms with van der Waals surface area (Å²) in [7, 11) is 1.29. The van der Waals surface area contributed by atoms with Gasteiger partial charge in [-0.05, 0) is 12.1 Å². The van der Waals surface area contributed by atoms with Crippen LogP contribution in [0.3, 0.4) is 0 Å². The van der Waals surface area contributed by atoms with Gasteiger partial charge in [-0.15, -0.1) is 0 Å². The highest BCUT2D eigenvalue weighted by atomic mass is 16.7. The first-order valence-electron chi connectivity index (χ1n) is 4.73. The molecule has 1 aromatic rings. The molecule has 0 fully saturated rings. The molecule has 0 aliphatic carbocycles. The van der Waals surface area contributed by atoms with Crippen molar-refractivity contribution < 1.29 is 23.8 Å². The summed E-state index contributed by atoms with van der Waals surface area (Å²) < 4.78 is 15.2. The van der Waals surface area contributed by atoms with Crippen LogP contribution in [-0.2, 0) is 9.53 Å². The summed E-state index contributed by atoms with van der Waals surface area (Å²) in [4.78, 5) is 21.7. The molecule has 0 saturated heterocycles. The average molecular weight is 222 g/mol. The van der Waals surface area contributed by atoms with E-state index in [1.807, 2.05) is 0 Å². The molecule has 0 aromatic heterocycles. The quantitative estimate of drug-likeness (QED) is 0.567. The van der Waals surface area contributed by atoms with Crippen molar-refractivity contribution in [2.24, 2.45) is 0 Å². The molecule has 16 heavy (non-hydrogen) atoms. The monoisotopic (exact) mass is 222 g/mol. The molecule has 84 valence electrons. The number of carbonyl (C=O) groups is 2. The normalized spacial score (nSPS) is 16.9. The fourth-order valence-corrected chi connectivity index (χ4v) is 1.44. The van der Waals surface area contributed by atoms with Gasteiger partial charge in [0.05, 0.1) is 12.7 Å². The van der Waals surface area contributed by atoms with Crippen molar-refractivity contribution in [3.63, 3.8) is 0 Å². The van der Waals surface area contributed by atoms with Gasteiger partial charge in [-0.3, -0.25) is 9.59 Å². The highest BCUT2D eigenvalue weighted by molar-refractivity contribution is 5.81. The Balaban J connectivity index is 2.14. The van der Waals surface area contributed by atoms with Crippen molar-refractivity contribution in [3.8, 4) is 11.5 Å². The SMILES string of the molecule is COC(=O)CC1Oc2cccc(C=O)c2O1. The number of ether oxygens (including phenoxy) is 3. The lowest BCUT2D eigenvalue weighted by molar-refractivity contribution is -0.145. The van der Waals surface area contributed by atoms with Gasteiger partial charge >= 0.3 is 5.97 Å². The zero-order valence-corrected chi connectivity index (χ0v) is 8.64. The number of methoxy groups -OCH3 is 1. The van der Waals surface area contributed by atoms with E-state index in [1.54, 1.807) is 18.2 Å². The van der Waals surface area contributed by atoms with Crippen molar-refractivity contribution in [2.75, 3.05) is 7.11 Å². The lowest BCUT2D eigenvalue weighted by Gasteiger charge is -2.07. The summed E-state index contributed by atoms with van der Waals surface area (Å²) in [5.41, 5.74) is 0.407. The molecule has 5 heteroatoms. The van der Waals surface area contributed by atoms with Crippen LogP contribution in [0.2, 0.25) is 0 Å². The number of hydrogen-bond acceptors (Lipinski definition) is 5. The van der Waals surface area contributed by atoms with Crippen LogP contribution in [0.4, 0.5) is 0 Å². The van der Waals surface area contributed by atoms with Gasteiger partial charge in [0.1, 0.15) is 6.42 Å². The number of para-hydroxylation sites is 1. The molecule has 0 bridgehead atoms. The van der Waals surface area contributed by atoms with Gasteiger partial charge in [0.2, 0.25) is 0 Å². The minimum absolute atomic E-state index is 0.0104. The minimum atomic E-state index is -0.719. The second kappa shape index (κ2) is 4.22. The van der Waals surface area contributed by atoms with Crippen LogP contribution in [0.1, 0.15) is 16.8 Å². The molecule has 1 heterocycles. The number of rotatable bonds is 3. The molecule has 1 aliphatic rings. The number of fused-ring (bicyclic) bond motifs is 1. The van der Waals surface area contributed by atoms with Crippen molar-refractivity contribution in [2.45, 2.75) is 12.7 Å². The molecule has 5 nitrogen and oxygen atoms in total. The molecule has 1 unspecified atom stereocenters. The predicted octanol–water partition coefficient (Wildman–Crippen LogP) is 1.16. The van der Waals surface area contributed by atoms with E-state index in [2.05, 4.69) is 4.74 Å². The van der Waals surface area contributed by atoms with Crippen molar-refractivity contribution in [1.82, 2.24) is 0 Å². The van der Waals surface area contributed by atoms with Crippen LogP contribution in [0.25, 0.3) is 0 Å². The Morgan fingerprint density at radius 3 is 3.00 bits per heavy atom. The molecule has 2 rings (SSSR count). The maximum Gasteiger partial charge on any atom is 0.313 e. The maximum atomic E-state index is 11.0. The largest absolute Gasteiger partial charge is 0.469 e. The topological polar surface area (TPSA) is 61.8 Å². The highest BCUT2D eigenvalue weighted by Gasteiger charge is 2.28. The van der Waals surface area contributed by atoms with Crippen molar-refractivity contribution in [3.05, 3.63) is 23.8 Å². The number of esters is 1. The number of aldehydes is 1. The van der Waals surface area contributed by atoms with E-state index in [9.17, 15) is 9.59 Å². The number of hydrogen-bond donors (Lipinski definition) is 0. The molecule has 0 radical (unpaired) electrons. The number of carbonyl (C=O) groups excluding carboxylic acids is 2. The van der Waals surface area contributed by atoms with E-state index >= 15 is 0 Å². The van der Waals surface area contributed by atoms with Gasteiger partial charge in [0, 0.05) is 0 Å². The summed E-state index contributed by atoms with van der Waals surface area (Å²) in [6.07, 6.45) is -0.0461. The summed E-state index contributed by atoms with van der Waals surface area (Å²) in [6.45, 7) is 0. The molecule has 0 spiro atoms. The maximum absolute atomic E-state index is 11.0. The highest BCUT2D eigenvalue weighted by Crippen LogP contribution is 2.37. The Labute approximate surface area is 91.9 Å². The fourth-order valence-electron chi connectivity index (χ4n) is 1.44. The van der Waals surface area contributed by atoms with Crippen LogP contribution < -0.4 is 9.47 Å². The zero-order chi connectivity index (χ0) is 11.5. The average Bonchev–Trinajstić information content (AvgIpc) is 2.70. The number of benzene rings is 1. The molecule has 0 saturated carbocycles. The van der Waals surface area contributed by atoms with E-state index in [-0.39, 0.29) is 6.42 Å². The van der Waals surface area contributed by atoms with Gasteiger partial charge in [0.15, 0.2) is 17.8 Å². The first kappa shape index (κ1) is 10.5. The fraction of sp³-hybridized carbons (Fsp3) is 0.273. The first-order chi connectivity index (χ1) is 7.74. The third-order valence-electron chi connectivity index (χ3n) is 2.21. The second-order valence-electron chi connectivity index (χ2n) is 3.24. The van der Waals surface area contributed by atoms with E-state index in [4.69, 9.17) is 9.47 Å². The minimum Gasteiger partial charge on any atom is -0.469 e. The van der Waals surface area contributed by atoms with E-state index in [1.165, 1.54) is 7.11 Å². The van der Waals surface area contributed by atoms with E-state index in [0.29, 0.717) is 23.3 Å². The Kier molecular flexibility index (Phi) is 2.76. The van der Waals surface area contributed by atoms with Gasteiger partial charge in [-0.25, -0.2) is 0 Å². The van der Waals surface area contributed by atoms with Gasteiger partial charge in [-0.1, -0.05) is 6.07 Å². The van der Waals surface area contributed by atoms with Crippen molar-refractivity contribution >= 4 is 12.3 Å². The lowest BCUT2D eigenvalue weighted by atomic mass is 10.2. The molecular weight excluding hydrogens is 212 g/mol. The van der Waals surface area contributed by atoms with Crippen LogP contribution in [-0.4, -0.2) is 25.7 Å². The molecule has 1 aliphatic heterocycles. The molecule has 1 atom stereocenters. The Bertz CT molecular complexity index is 426. The third-order valence-corrected chi connectivity index (χ3v) is 2.21. The van der Waals surface area contributed by atoms with Crippen molar-refractivity contribution in [1.29, 1.82) is 0 Å². The van der Waals surface area contributed by atoms with Gasteiger partial charge < -0.3 is 14.2 Å². The van der Waals surface area contributed by atoms with Gasteiger partial charge in [0.25, 0.3) is 6.29 Å². The zero-order valence-electron chi connectivity index (χ0n) is 8.64. The molecule has 0 N–H and O–H groups in total. The van der Waals surface area contributed by atoms with Crippen LogP contribution in [0, 0.1) is 0 Å².